The molecule has 0 saturated carbocycles. The molecule has 2 aliphatic heterocycles. The smallest absolute Gasteiger partial charge is 0.278 e. The topological polar surface area (TPSA) is 55.6 Å². The third kappa shape index (κ3) is 0.784. The lowest BCUT2D eigenvalue weighted by atomic mass is 10.0. The molecule has 0 spiro atoms. The summed E-state index contributed by atoms with van der Waals surface area (Å²) in [6.45, 7) is 0. The van der Waals surface area contributed by atoms with E-state index in [2.05, 4.69) is 0 Å². The lowest BCUT2D eigenvalue weighted by Crippen LogP contribution is -2.77. The Morgan fingerprint density at radius 2 is 2.67 bits per heavy atom. The second kappa shape index (κ2) is 2.48. The molecule has 0 aromatic rings. The lowest BCUT2D eigenvalue weighted by Gasteiger charge is -2.51. The monoisotopic (exact) mass is 186 g/mol. The van der Waals surface area contributed by atoms with Gasteiger partial charge in [0.1, 0.15) is 5.37 Å². The zero-order valence-electron chi connectivity index (χ0n) is 6.69. The summed E-state index contributed by atoms with van der Waals surface area (Å²) >= 11 is 1.62. The number of carbonyl (C=O) groups is 1. The summed E-state index contributed by atoms with van der Waals surface area (Å²) < 4.78 is 4.99. The highest BCUT2D eigenvalue weighted by molar-refractivity contribution is 8.00. The fraction of sp³-hybridized carbons (Fsp3) is 0.571. The maximum atomic E-state index is 11.4. The molecule has 1 fully saturated rings. The van der Waals surface area contributed by atoms with Crippen molar-refractivity contribution in [2.75, 3.05) is 12.9 Å². The maximum Gasteiger partial charge on any atom is 0.278 e. The number of β-lactam (4-membered cyclic amide) rings is 1. The van der Waals surface area contributed by atoms with Crippen LogP contribution in [0.25, 0.3) is 0 Å². The molecule has 0 radical (unpaired) electrons. The maximum absolute atomic E-state index is 11.4. The first-order chi connectivity index (χ1) is 5.70. The molecular weight excluding hydrogens is 176 g/mol. The molecule has 2 rings (SSSR count). The summed E-state index contributed by atoms with van der Waals surface area (Å²) in [5.41, 5.74) is 4.64. The first-order valence-corrected chi connectivity index (χ1v) is 4.70. The van der Waals surface area contributed by atoms with Crippen LogP contribution >= 0.6 is 11.8 Å². The zero-order valence-corrected chi connectivity index (χ0v) is 7.50. The van der Waals surface area contributed by atoms with E-state index in [1.165, 1.54) is 7.11 Å². The van der Waals surface area contributed by atoms with Crippen LogP contribution in [0.5, 0.6) is 0 Å². The van der Waals surface area contributed by atoms with Crippen LogP contribution < -0.4 is 5.73 Å². The number of nitrogens with zero attached hydrogens (tertiary/aromatic N) is 1. The van der Waals surface area contributed by atoms with Gasteiger partial charge in [0, 0.05) is 19.1 Å². The molecule has 1 saturated heterocycles. The summed E-state index contributed by atoms with van der Waals surface area (Å²) in [5.74, 6) is 0.731. The molecule has 0 aromatic heterocycles. The predicted octanol–water partition coefficient (Wildman–Crippen LogP) is -0.283. The van der Waals surface area contributed by atoms with Gasteiger partial charge in [-0.15, -0.1) is 11.8 Å². The van der Waals surface area contributed by atoms with E-state index in [0.717, 1.165) is 5.75 Å². The van der Waals surface area contributed by atoms with E-state index in [9.17, 15) is 4.79 Å². The molecule has 2 N–H and O–H groups in total. The van der Waals surface area contributed by atoms with Crippen molar-refractivity contribution in [1.82, 2.24) is 4.90 Å². The average Bonchev–Trinajstić information content (AvgIpc) is 2.16. The number of rotatable bonds is 1. The Morgan fingerprint density at radius 1 is 1.92 bits per heavy atom. The molecule has 2 aliphatic rings. The highest BCUT2D eigenvalue weighted by Crippen LogP contribution is 2.39. The van der Waals surface area contributed by atoms with E-state index in [1.807, 2.05) is 6.08 Å². The summed E-state index contributed by atoms with van der Waals surface area (Å²) in [7, 11) is 1.47. The van der Waals surface area contributed by atoms with E-state index in [1.54, 1.807) is 22.9 Å². The van der Waals surface area contributed by atoms with Crippen molar-refractivity contribution < 1.29 is 9.53 Å². The summed E-state index contributed by atoms with van der Waals surface area (Å²) in [6, 6.07) is 0. The molecule has 1 amide bonds. The summed E-state index contributed by atoms with van der Waals surface area (Å²) in [6.07, 6.45) is 3.71. The zero-order chi connectivity index (χ0) is 8.77. The minimum absolute atomic E-state index is 0.0417. The van der Waals surface area contributed by atoms with Gasteiger partial charge in [0.25, 0.3) is 5.91 Å². The molecule has 0 unspecified atom stereocenters. The minimum Gasteiger partial charge on any atom is -0.353 e. The van der Waals surface area contributed by atoms with Crippen molar-refractivity contribution in [3.8, 4) is 0 Å². The first kappa shape index (κ1) is 8.10. The van der Waals surface area contributed by atoms with Crippen molar-refractivity contribution >= 4 is 17.7 Å². The number of carbonyl (C=O) groups excluding carboxylic acids is 1. The third-order valence-electron chi connectivity index (χ3n) is 2.14. The standard InChI is InChI=1S/C7H10N2O2S/c1-11-7(8)5(10)9-3-2-4-12-6(7)9/h2-3,6H,4,8H2,1H3/t6-,7+/m1/s1. The number of ether oxygens (including phenoxy) is 1. The van der Waals surface area contributed by atoms with Crippen molar-refractivity contribution in [1.29, 1.82) is 0 Å². The number of fused-ring (bicyclic) bond motifs is 1. The Hall–Kier alpha value is -0.520. The van der Waals surface area contributed by atoms with E-state index in [0.29, 0.717) is 0 Å². The Balaban J connectivity index is 2.24. The first-order valence-electron chi connectivity index (χ1n) is 3.65. The number of hydrogen-bond donors (Lipinski definition) is 1. The molecule has 0 aliphatic carbocycles. The summed E-state index contributed by atoms with van der Waals surface area (Å²) in [5, 5.41) is -0.0417. The van der Waals surface area contributed by atoms with Crippen molar-refractivity contribution in [3.63, 3.8) is 0 Å². The van der Waals surface area contributed by atoms with Gasteiger partial charge < -0.3 is 4.74 Å². The average molecular weight is 186 g/mol. The highest BCUT2D eigenvalue weighted by Gasteiger charge is 2.59. The van der Waals surface area contributed by atoms with Crippen LogP contribution in [0.15, 0.2) is 12.3 Å². The van der Waals surface area contributed by atoms with E-state index in [4.69, 9.17) is 10.5 Å². The van der Waals surface area contributed by atoms with Crippen molar-refractivity contribution in [3.05, 3.63) is 12.3 Å². The van der Waals surface area contributed by atoms with Gasteiger partial charge in [-0.1, -0.05) is 6.08 Å². The normalized spacial score (nSPS) is 39.3. The predicted molar refractivity (Wildman–Crippen MR) is 46.2 cm³/mol. The van der Waals surface area contributed by atoms with Gasteiger partial charge in [-0.2, -0.15) is 0 Å². The minimum atomic E-state index is -1.09. The molecule has 0 aromatic carbocycles. The molecule has 2 atom stereocenters. The van der Waals surface area contributed by atoms with Gasteiger partial charge in [0.2, 0.25) is 5.72 Å². The van der Waals surface area contributed by atoms with Gasteiger partial charge in [0.15, 0.2) is 0 Å². The van der Waals surface area contributed by atoms with Crippen LogP contribution in [-0.2, 0) is 9.53 Å². The quantitative estimate of drug-likeness (QED) is 0.452. The van der Waals surface area contributed by atoms with Gasteiger partial charge in [0.05, 0.1) is 0 Å². The van der Waals surface area contributed by atoms with Gasteiger partial charge in [-0.3, -0.25) is 15.4 Å². The number of amides is 1. The Labute approximate surface area is 74.7 Å². The van der Waals surface area contributed by atoms with Gasteiger partial charge in [-0.25, -0.2) is 0 Å². The van der Waals surface area contributed by atoms with Gasteiger partial charge >= 0.3 is 0 Å². The van der Waals surface area contributed by atoms with E-state index < -0.39 is 5.72 Å². The Bertz CT molecular complexity index is 256. The van der Waals surface area contributed by atoms with Crippen molar-refractivity contribution in [2.45, 2.75) is 11.1 Å². The van der Waals surface area contributed by atoms with Crippen molar-refractivity contribution in [2.24, 2.45) is 5.73 Å². The lowest BCUT2D eigenvalue weighted by molar-refractivity contribution is -0.178. The fourth-order valence-electron chi connectivity index (χ4n) is 1.40. The molecule has 66 valence electrons. The second-order valence-corrected chi connectivity index (χ2v) is 3.89. The van der Waals surface area contributed by atoms with E-state index in [-0.39, 0.29) is 11.3 Å². The fourth-order valence-corrected chi connectivity index (χ4v) is 2.55. The highest BCUT2D eigenvalue weighted by atomic mass is 32.2. The Kier molecular flexibility index (Phi) is 1.67. The number of nitrogens with two attached hydrogens (primary N) is 1. The van der Waals surface area contributed by atoms with Crippen LogP contribution in [-0.4, -0.2) is 34.8 Å². The number of hydrogen-bond acceptors (Lipinski definition) is 4. The molecule has 0 bridgehead atoms. The molecule has 5 heteroatoms. The molecule has 4 nitrogen and oxygen atoms in total. The molecule has 2 heterocycles. The number of methoxy groups -OCH3 is 1. The van der Waals surface area contributed by atoms with Gasteiger partial charge in [-0.05, 0) is 0 Å². The van der Waals surface area contributed by atoms with Crippen LogP contribution in [0.3, 0.4) is 0 Å². The van der Waals surface area contributed by atoms with Crippen LogP contribution in [0.2, 0.25) is 0 Å². The van der Waals surface area contributed by atoms with Crippen LogP contribution in [0.1, 0.15) is 0 Å². The largest absolute Gasteiger partial charge is 0.353 e. The van der Waals surface area contributed by atoms with Crippen LogP contribution in [0, 0.1) is 0 Å². The SMILES string of the molecule is CO[C@@]1(N)C(=O)N2C=CCS[C@@H]21. The molecule has 12 heavy (non-hydrogen) atoms. The second-order valence-electron chi connectivity index (χ2n) is 2.78. The van der Waals surface area contributed by atoms with Crippen LogP contribution in [0.4, 0.5) is 0 Å². The number of thioether (sulfide) groups is 1. The summed E-state index contributed by atoms with van der Waals surface area (Å²) in [4.78, 5) is 13.0. The Morgan fingerprint density at radius 3 is 3.33 bits per heavy atom. The van der Waals surface area contributed by atoms with E-state index >= 15 is 0 Å². The third-order valence-corrected chi connectivity index (χ3v) is 3.42. The molecular formula is C7H10N2O2S.